The van der Waals surface area contributed by atoms with Gasteiger partial charge in [0, 0.05) is 37.3 Å². The van der Waals surface area contributed by atoms with Crippen LogP contribution in [0.2, 0.25) is 0 Å². The predicted molar refractivity (Wildman–Crippen MR) is 58.4 cm³/mol. The van der Waals surface area contributed by atoms with Crippen LogP contribution in [0.5, 0.6) is 0 Å². The fourth-order valence-electron chi connectivity index (χ4n) is 1.59. The summed E-state index contributed by atoms with van der Waals surface area (Å²) in [4.78, 5) is 21.8. The quantitative estimate of drug-likeness (QED) is 0.702. The van der Waals surface area contributed by atoms with Crippen LogP contribution < -0.4 is 5.32 Å². The van der Waals surface area contributed by atoms with Gasteiger partial charge in [0.25, 0.3) is 0 Å². The summed E-state index contributed by atoms with van der Waals surface area (Å²) in [6.07, 6.45) is 2.90. The van der Waals surface area contributed by atoms with Crippen molar-refractivity contribution in [1.82, 2.24) is 5.32 Å². The molecular formula is C10H17NO2S. The average molecular weight is 215 g/mol. The third kappa shape index (κ3) is 4.13. The monoisotopic (exact) mass is 215 g/mol. The van der Waals surface area contributed by atoms with Crippen LogP contribution in [0.4, 0.5) is 0 Å². The molecule has 1 fully saturated rings. The lowest BCUT2D eigenvalue weighted by Gasteiger charge is -2.07. The molecule has 0 spiro atoms. The van der Waals surface area contributed by atoms with Gasteiger partial charge in [-0.15, -0.1) is 0 Å². The van der Waals surface area contributed by atoms with Crippen molar-refractivity contribution < 1.29 is 9.59 Å². The summed E-state index contributed by atoms with van der Waals surface area (Å²) in [6.45, 7) is 2.23. The molecule has 1 aliphatic rings. The number of hydrogen-bond acceptors (Lipinski definition) is 3. The Morgan fingerprint density at radius 2 is 2.43 bits per heavy atom. The van der Waals surface area contributed by atoms with Gasteiger partial charge in [-0.1, -0.05) is 0 Å². The van der Waals surface area contributed by atoms with Crippen molar-refractivity contribution in [3.05, 3.63) is 0 Å². The standard InChI is InChI=1S/C10H17NO2S/c1-8(12)11-5-6-14-7-9-3-2-4-10(9)13/h9H,2-7H2,1H3,(H,11,12). The highest BCUT2D eigenvalue weighted by Crippen LogP contribution is 2.24. The van der Waals surface area contributed by atoms with E-state index in [4.69, 9.17) is 0 Å². The molecule has 1 saturated carbocycles. The molecule has 0 saturated heterocycles. The molecule has 0 bridgehead atoms. The molecular weight excluding hydrogens is 198 g/mol. The largest absolute Gasteiger partial charge is 0.356 e. The number of hydrogen-bond donors (Lipinski definition) is 1. The van der Waals surface area contributed by atoms with Crippen molar-refractivity contribution in [1.29, 1.82) is 0 Å². The number of nitrogens with one attached hydrogen (secondary N) is 1. The molecule has 3 nitrogen and oxygen atoms in total. The van der Waals surface area contributed by atoms with E-state index in [1.165, 1.54) is 6.92 Å². The molecule has 1 N–H and O–H groups in total. The van der Waals surface area contributed by atoms with E-state index in [0.29, 0.717) is 12.3 Å². The lowest BCUT2D eigenvalue weighted by molar-refractivity contribution is -0.120. The number of rotatable bonds is 5. The van der Waals surface area contributed by atoms with Crippen molar-refractivity contribution in [2.75, 3.05) is 18.1 Å². The molecule has 0 aromatic rings. The molecule has 1 aliphatic carbocycles. The van der Waals surface area contributed by atoms with Crippen LogP contribution in [0.25, 0.3) is 0 Å². The number of carbonyl (C=O) groups excluding carboxylic acids is 2. The first kappa shape index (κ1) is 11.6. The minimum absolute atomic E-state index is 0.0162. The summed E-state index contributed by atoms with van der Waals surface area (Å²) in [5.41, 5.74) is 0. The Morgan fingerprint density at radius 3 is 3.00 bits per heavy atom. The number of thioether (sulfide) groups is 1. The zero-order valence-corrected chi connectivity index (χ0v) is 9.36. The second-order valence-corrected chi connectivity index (χ2v) is 4.76. The van der Waals surface area contributed by atoms with Crippen LogP contribution in [-0.4, -0.2) is 29.7 Å². The molecule has 1 atom stereocenters. The summed E-state index contributed by atoms with van der Waals surface area (Å²) < 4.78 is 0. The van der Waals surface area contributed by atoms with Gasteiger partial charge in [-0.05, 0) is 12.8 Å². The molecule has 1 unspecified atom stereocenters. The molecule has 0 heterocycles. The first-order valence-electron chi connectivity index (χ1n) is 5.05. The first-order chi connectivity index (χ1) is 6.70. The first-order valence-corrected chi connectivity index (χ1v) is 6.20. The molecule has 1 amide bonds. The molecule has 0 radical (unpaired) electrons. The normalized spacial score (nSPS) is 21.2. The summed E-state index contributed by atoms with van der Waals surface area (Å²) in [7, 11) is 0. The van der Waals surface area contributed by atoms with Gasteiger partial charge in [0.05, 0.1) is 0 Å². The summed E-state index contributed by atoms with van der Waals surface area (Å²) in [5, 5.41) is 2.74. The summed E-state index contributed by atoms with van der Waals surface area (Å²) in [5.74, 6) is 2.57. The van der Waals surface area contributed by atoms with Gasteiger partial charge in [0.1, 0.15) is 5.78 Å². The second kappa shape index (κ2) is 6.06. The highest BCUT2D eigenvalue weighted by atomic mass is 32.2. The highest BCUT2D eigenvalue weighted by molar-refractivity contribution is 7.99. The maximum atomic E-state index is 11.3. The zero-order chi connectivity index (χ0) is 10.4. The molecule has 0 aliphatic heterocycles. The van der Waals surface area contributed by atoms with Gasteiger partial charge in [0.15, 0.2) is 0 Å². The second-order valence-electron chi connectivity index (χ2n) is 3.61. The Kier molecular flexibility index (Phi) is 5.01. The lowest BCUT2D eigenvalue weighted by Crippen LogP contribution is -2.22. The Balaban J connectivity index is 1.98. The van der Waals surface area contributed by atoms with E-state index in [-0.39, 0.29) is 11.8 Å². The van der Waals surface area contributed by atoms with Gasteiger partial charge in [-0.3, -0.25) is 9.59 Å². The van der Waals surface area contributed by atoms with Crippen LogP contribution in [0.3, 0.4) is 0 Å². The van der Waals surface area contributed by atoms with Crippen molar-refractivity contribution in [2.24, 2.45) is 5.92 Å². The molecule has 14 heavy (non-hydrogen) atoms. The van der Waals surface area contributed by atoms with Crippen molar-refractivity contribution in [3.8, 4) is 0 Å². The topological polar surface area (TPSA) is 46.2 Å². The molecule has 4 heteroatoms. The van der Waals surface area contributed by atoms with Gasteiger partial charge in [-0.25, -0.2) is 0 Å². The SMILES string of the molecule is CC(=O)NCCSCC1CCCC1=O. The minimum atomic E-state index is 0.0162. The van der Waals surface area contributed by atoms with Crippen LogP contribution >= 0.6 is 11.8 Å². The summed E-state index contributed by atoms with van der Waals surface area (Å²) in [6, 6.07) is 0. The van der Waals surface area contributed by atoms with E-state index >= 15 is 0 Å². The van der Waals surface area contributed by atoms with Crippen molar-refractivity contribution in [3.63, 3.8) is 0 Å². The predicted octanol–water partition coefficient (Wildman–Crippen LogP) is 1.22. The lowest BCUT2D eigenvalue weighted by atomic mass is 10.1. The Hall–Kier alpha value is -0.510. The van der Waals surface area contributed by atoms with E-state index in [1.54, 1.807) is 11.8 Å². The van der Waals surface area contributed by atoms with Crippen LogP contribution in [0, 0.1) is 5.92 Å². The summed E-state index contributed by atoms with van der Waals surface area (Å²) >= 11 is 1.76. The number of carbonyl (C=O) groups is 2. The maximum absolute atomic E-state index is 11.3. The van der Waals surface area contributed by atoms with Crippen LogP contribution in [0.1, 0.15) is 26.2 Å². The fourth-order valence-corrected chi connectivity index (χ4v) is 2.64. The minimum Gasteiger partial charge on any atom is -0.356 e. The Labute approximate surface area is 89.0 Å². The van der Waals surface area contributed by atoms with E-state index in [2.05, 4.69) is 5.32 Å². The third-order valence-electron chi connectivity index (χ3n) is 2.37. The number of amides is 1. The van der Waals surface area contributed by atoms with Crippen LogP contribution in [-0.2, 0) is 9.59 Å². The fraction of sp³-hybridized carbons (Fsp3) is 0.800. The van der Waals surface area contributed by atoms with Gasteiger partial charge >= 0.3 is 0 Å². The van der Waals surface area contributed by atoms with Gasteiger partial charge in [0.2, 0.25) is 5.91 Å². The van der Waals surface area contributed by atoms with E-state index in [9.17, 15) is 9.59 Å². The highest BCUT2D eigenvalue weighted by Gasteiger charge is 2.23. The Bertz CT molecular complexity index is 218. The van der Waals surface area contributed by atoms with Gasteiger partial charge < -0.3 is 5.32 Å². The van der Waals surface area contributed by atoms with Crippen molar-refractivity contribution in [2.45, 2.75) is 26.2 Å². The molecule has 80 valence electrons. The number of ketones is 1. The van der Waals surface area contributed by atoms with E-state index in [0.717, 1.165) is 30.8 Å². The maximum Gasteiger partial charge on any atom is 0.216 e. The van der Waals surface area contributed by atoms with Crippen molar-refractivity contribution >= 4 is 23.5 Å². The third-order valence-corrected chi connectivity index (χ3v) is 3.50. The molecule has 1 rings (SSSR count). The van der Waals surface area contributed by atoms with E-state index in [1.807, 2.05) is 0 Å². The Morgan fingerprint density at radius 1 is 1.64 bits per heavy atom. The molecule has 0 aromatic carbocycles. The average Bonchev–Trinajstić information content (AvgIpc) is 2.51. The smallest absolute Gasteiger partial charge is 0.216 e. The molecule has 0 aromatic heterocycles. The van der Waals surface area contributed by atoms with Crippen LogP contribution in [0.15, 0.2) is 0 Å². The van der Waals surface area contributed by atoms with Gasteiger partial charge in [-0.2, -0.15) is 11.8 Å². The zero-order valence-electron chi connectivity index (χ0n) is 8.54. The number of Topliss-reactive ketones (excluding diaryl/α,β-unsaturated/α-hetero) is 1. The van der Waals surface area contributed by atoms with E-state index < -0.39 is 0 Å².